The summed E-state index contributed by atoms with van der Waals surface area (Å²) < 4.78 is 19.0. The van der Waals surface area contributed by atoms with E-state index in [0.717, 1.165) is 58.8 Å². The Morgan fingerprint density at radius 3 is 2.86 bits per heavy atom. The number of rotatable bonds is 5. The van der Waals surface area contributed by atoms with Crippen LogP contribution in [-0.2, 0) is 24.4 Å². The standard InChI is InChI=1S/C21H20ClN3O3/c22-16-4-2-15(3-5-16)18-10-24-21-12-26-17(11-25(18)21)9-23-8-14-1-6-19-20(7-14)28-13-27-19/h1-7,10,17,23H,8-9,11-13H2. The molecule has 28 heavy (non-hydrogen) atoms. The quantitative estimate of drug-likeness (QED) is 0.712. The number of hydrogen-bond donors (Lipinski definition) is 1. The van der Waals surface area contributed by atoms with E-state index in [4.69, 9.17) is 25.8 Å². The van der Waals surface area contributed by atoms with Gasteiger partial charge in [0.15, 0.2) is 11.5 Å². The topological polar surface area (TPSA) is 57.5 Å². The number of nitrogens with zero attached hydrogens (tertiary/aromatic N) is 2. The average molecular weight is 398 g/mol. The first-order valence-electron chi connectivity index (χ1n) is 9.27. The van der Waals surface area contributed by atoms with Crippen LogP contribution >= 0.6 is 11.6 Å². The molecule has 0 saturated heterocycles. The third kappa shape index (κ3) is 3.46. The van der Waals surface area contributed by atoms with Crippen LogP contribution < -0.4 is 14.8 Å². The van der Waals surface area contributed by atoms with Crippen LogP contribution in [0.2, 0.25) is 5.02 Å². The van der Waals surface area contributed by atoms with Crippen molar-refractivity contribution in [3.63, 3.8) is 0 Å². The lowest BCUT2D eigenvalue weighted by atomic mass is 10.1. The summed E-state index contributed by atoms with van der Waals surface area (Å²) in [6.07, 6.45) is 1.99. The zero-order chi connectivity index (χ0) is 18.9. The van der Waals surface area contributed by atoms with Crippen molar-refractivity contribution in [2.75, 3.05) is 13.3 Å². The molecule has 0 radical (unpaired) electrons. The second-order valence-electron chi connectivity index (χ2n) is 6.93. The molecule has 0 fully saturated rings. The van der Waals surface area contributed by atoms with E-state index < -0.39 is 0 Å². The molecule has 0 bridgehead atoms. The monoisotopic (exact) mass is 397 g/mol. The van der Waals surface area contributed by atoms with Gasteiger partial charge in [0.2, 0.25) is 6.79 Å². The number of imidazole rings is 1. The van der Waals surface area contributed by atoms with Gasteiger partial charge in [-0.05, 0) is 35.4 Å². The van der Waals surface area contributed by atoms with Gasteiger partial charge in [-0.25, -0.2) is 4.98 Å². The summed E-state index contributed by atoms with van der Waals surface area (Å²) in [6.45, 7) is 3.08. The highest BCUT2D eigenvalue weighted by atomic mass is 35.5. The fourth-order valence-electron chi connectivity index (χ4n) is 3.58. The molecule has 0 saturated carbocycles. The van der Waals surface area contributed by atoms with Gasteiger partial charge in [0.1, 0.15) is 12.4 Å². The van der Waals surface area contributed by atoms with E-state index in [1.165, 1.54) is 0 Å². The van der Waals surface area contributed by atoms with Crippen molar-refractivity contribution in [2.45, 2.75) is 25.8 Å². The number of nitrogens with one attached hydrogen (secondary N) is 1. The van der Waals surface area contributed by atoms with Crippen LogP contribution in [0, 0.1) is 0 Å². The molecule has 1 aromatic heterocycles. The van der Waals surface area contributed by atoms with Crippen LogP contribution in [0.25, 0.3) is 11.3 Å². The highest BCUT2D eigenvalue weighted by Gasteiger charge is 2.22. The maximum atomic E-state index is 6.01. The first-order chi connectivity index (χ1) is 13.8. The third-order valence-corrected chi connectivity index (χ3v) is 5.30. The zero-order valence-electron chi connectivity index (χ0n) is 15.2. The first kappa shape index (κ1) is 17.6. The van der Waals surface area contributed by atoms with Gasteiger partial charge in [-0.15, -0.1) is 0 Å². The van der Waals surface area contributed by atoms with Gasteiger partial charge in [0.05, 0.1) is 24.5 Å². The summed E-state index contributed by atoms with van der Waals surface area (Å²) in [5.74, 6) is 2.57. The van der Waals surface area contributed by atoms with Crippen molar-refractivity contribution in [1.82, 2.24) is 14.9 Å². The summed E-state index contributed by atoms with van der Waals surface area (Å²) in [5, 5.41) is 4.21. The van der Waals surface area contributed by atoms with E-state index in [1.807, 2.05) is 42.6 Å². The molecule has 2 aliphatic rings. The molecule has 2 aromatic carbocycles. The normalized spacial score (nSPS) is 17.5. The number of hydrogen-bond acceptors (Lipinski definition) is 5. The summed E-state index contributed by atoms with van der Waals surface area (Å²) in [7, 11) is 0. The van der Waals surface area contributed by atoms with Gasteiger partial charge in [0, 0.05) is 18.1 Å². The number of ether oxygens (including phenoxy) is 3. The lowest BCUT2D eigenvalue weighted by Gasteiger charge is -2.26. The van der Waals surface area contributed by atoms with Crippen molar-refractivity contribution in [1.29, 1.82) is 0 Å². The van der Waals surface area contributed by atoms with Gasteiger partial charge in [0.25, 0.3) is 0 Å². The predicted molar refractivity (Wildman–Crippen MR) is 106 cm³/mol. The second kappa shape index (κ2) is 7.47. The summed E-state index contributed by atoms with van der Waals surface area (Å²) in [5.41, 5.74) is 3.36. The number of fused-ring (bicyclic) bond motifs is 2. The maximum absolute atomic E-state index is 6.01. The fourth-order valence-corrected chi connectivity index (χ4v) is 3.71. The van der Waals surface area contributed by atoms with Crippen molar-refractivity contribution >= 4 is 11.6 Å². The molecule has 6 nitrogen and oxygen atoms in total. The summed E-state index contributed by atoms with van der Waals surface area (Å²) in [4.78, 5) is 4.51. The molecular weight excluding hydrogens is 378 g/mol. The average Bonchev–Trinajstić information content (AvgIpc) is 3.35. The molecule has 1 unspecified atom stereocenters. The Bertz CT molecular complexity index is 987. The molecule has 0 amide bonds. The fraction of sp³-hybridized carbons (Fsp3) is 0.286. The van der Waals surface area contributed by atoms with Crippen molar-refractivity contribution in [2.24, 2.45) is 0 Å². The molecule has 3 aromatic rings. The van der Waals surface area contributed by atoms with Crippen molar-refractivity contribution in [3.05, 3.63) is 65.1 Å². The zero-order valence-corrected chi connectivity index (χ0v) is 16.0. The minimum absolute atomic E-state index is 0.0850. The first-order valence-corrected chi connectivity index (χ1v) is 9.65. The Labute approximate surface area is 168 Å². The number of benzene rings is 2. The lowest BCUT2D eigenvalue weighted by molar-refractivity contribution is 0.00326. The predicted octanol–water partition coefficient (Wildman–Crippen LogP) is 3.62. The van der Waals surface area contributed by atoms with Gasteiger partial charge in [-0.2, -0.15) is 0 Å². The van der Waals surface area contributed by atoms with Gasteiger partial charge < -0.3 is 24.1 Å². The van der Waals surface area contributed by atoms with Crippen molar-refractivity contribution in [3.8, 4) is 22.8 Å². The molecule has 1 N–H and O–H groups in total. The highest BCUT2D eigenvalue weighted by Crippen LogP contribution is 2.32. The van der Waals surface area contributed by atoms with Crippen LogP contribution in [0.3, 0.4) is 0 Å². The van der Waals surface area contributed by atoms with Crippen LogP contribution in [0.4, 0.5) is 0 Å². The molecule has 1 atom stereocenters. The molecule has 144 valence electrons. The Hall–Kier alpha value is -2.54. The van der Waals surface area contributed by atoms with Crippen LogP contribution in [-0.4, -0.2) is 29.0 Å². The van der Waals surface area contributed by atoms with E-state index in [2.05, 4.69) is 20.9 Å². The Kier molecular flexibility index (Phi) is 4.68. The maximum Gasteiger partial charge on any atom is 0.231 e. The van der Waals surface area contributed by atoms with E-state index in [0.29, 0.717) is 13.4 Å². The van der Waals surface area contributed by atoms with Gasteiger partial charge in [-0.3, -0.25) is 0 Å². The van der Waals surface area contributed by atoms with E-state index in [1.54, 1.807) is 0 Å². The molecule has 0 aliphatic carbocycles. The molecule has 2 aliphatic heterocycles. The Morgan fingerprint density at radius 2 is 1.96 bits per heavy atom. The highest BCUT2D eigenvalue weighted by molar-refractivity contribution is 6.30. The van der Waals surface area contributed by atoms with Gasteiger partial charge >= 0.3 is 0 Å². The molecular formula is C21H20ClN3O3. The van der Waals surface area contributed by atoms with E-state index in [-0.39, 0.29) is 6.10 Å². The van der Waals surface area contributed by atoms with E-state index in [9.17, 15) is 0 Å². The molecule has 0 spiro atoms. The number of aromatic nitrogens is 2. The van der Waals surface area contributed by atoms with Crippen LogP contribution in [0.15, 0.2) is 48.7 Å². The minimum atomic E-state index is 0.0850. The van der Waals surface area contributed by atoms with Crippen LogP contribution in [0.1, 0.15) is 11.4 Å². The Morgan fingerprint density at radius 1 is 1.11 bits per heavy atom. The molecule has 3 heterocycles. The third-order valence-electron chi connectivity index (χ3n) is 5.05. The minimum Gasteiger partial charge on any atom is -0.454 e. The SMILES string of the molecule is Clc1ccc(-c2cnc3n2CC(CNCc2ccc4c(c2)OCO4)OC3)cc1. The van der Waals surface area contributed by atoms with Crippen molar-refractivity contribution < 1.29 is 14.2 Å². The summed E-state index contributed by atoms with van der Waals surface area (Å²) >= 11 is 6.01. The smallest absolute Gasteiger partial charge is 0.231 e. The number of halogens is 1. The van der Waals surface area contributed by atoms with Gasteiger partial charge in [-0.1, -0.05) is 29.8 Å². The Balaban J connectivity index is 1.22. The van der Waals surface area contributed by atoms with E-state index >= 15 is 0 Å². The second-order valence-corrected chi connectivity index (χ2v) is 7.37. The lowest BCUT2D eigenvalue weighted by Crippen LogP contribution is -2.36. The molecule has 7 heteroatoms. The summed E-state index contributed by atoms with van der Waals surface area (Å²) in [6, 6.07) is 13.9. The largest absolute Gasteiger partial charge is 0.454 e. The van der Waals surface area contributed by atoms with Crippen LogP contribution in [0.5, 0.6) is 11.5 Å². The molecule has 5 rings (SSSR count).